The van der Waals surface area contributed by atoms with E-state index in [0.717, 1.165) is 5.69 Å². The van der Waals surface area contributed by atoms with Crippen molar-refractivity contribution in [3.8, 4) is 6.07 Å². The number of hydrogen-bond donors (Lipinski definition) is 2. The zero-order valence-electron chi connectivity index (χ0n) is 11.5. The van der Waals surface area contributed by atoms with Crippen LogP contribution in [0.3, 0.4) is 0 Å². The molecular formula is C15H16N4O2. The molecule has 0 unspecified atom stereocenters. The molecule has 0 bridgehead atoms. The van der Waals surface area contributed by atoms with Gasteiger partial charge in [-0.1, -0.05) is 18.2 Å². The molecular weight excluding hydrogens is 268 g/mol. The van der Waals surface area contributed by atoms with E-state index >= 15 is 0 Å². The molecule has 21 heavy (non-hydrogen) atoms. The minimum absolute atomic E-state index is 0.167. The predicted molar refractivity (Wildman–Crippen MR) is 78.1 cm³/mol. The highest BCUT2D eigenvalue weighted by Gasteiger charge is 2.13. The van der Waals surface area contributed by atoms with Gasteiger partial charge in [-0.25, -0.2) is 5.84 Å². The van der Waals surface area contributed by atoms with E-state index < -0.39 is 5.91 Å². The molecule has 0 atom stereocenters. The van der Waals surface area contributed by atoms with Gasteiger partial charge in [-0.15, -0.1) is 0 Å². The minimum Gasteiger partial charge on any atom is -0.454 e. The Hall–Kier alpha value is -2.78. The monoisotopic (exact) mass is 284 g/mol. The first-order chi connectivity index (χ1) is 10.2. The van der Waals surface area contributed by atoms with Gasteiger partial charge in [-0.3, -0.25) is 10.2 Å². The zero-order valence-corrected chi connectivity index (χ0v) is 11.5. The van der Waals surface area contributed by atoms with E-state index in [9.17, 15) is 4.79 Å². The predicted octanol–water partition coefficient (Wildman–Crippen LogP) is 1.80. The van der Waals surface area contributed by atoms with Crippen molar-refractivity contribution in [3.05, 3.63) is 54.0 Å². The van der Waals surface area contributed by atoms with E-state index in [1.165, 1.54) is 0 Å². The van der Waals surface area contributed by atoms with Crippen molar-refractivity contribution in [1.29, 1.82) is 5.26 Å². The first kappa shape index (κ1) is 14.6. The number of para-hydroxylation sites is 1. The lowest BCUT2D eigenvalue weighted by Gasteiger charge is -2.22. The van der Waals surface area contributed by atoms with E-state index in [2.05, 4.69) is 6.07 Å². The summed E-state index contributed by atoms with van der Waals surface area (Å²) in [5, 5.41) is 8.77. The smallest absolute Gasteiger partial charge is 0.300 e. The van der Waals surface area contributed by atoms with Gasteiger partial charge in [0, 0.05) is 12.2 Å². The van der Waals surface area contributed by atoms with Gasteiger partial charge in [-0.05, 0) is 24.3 Å². The average molecular weight is 284 g/mol. The van der Waals surface area contributed by atoms with E-state index in [1.54, 1.807) is 12.1 Å². The van der Waals surface area contributed by atoms with Crippen LogP contribution >= 0.6 is 0 Å². The molecule has 0 saturated heterocycles. The lowest BCUT2D eigenvalue weighted by molar-refractivity contribution is 0.0924. The number of nitrogen functional groups attached to an aromatic ring is 1. The molecule has 2 aromatic rings. The number of hydrazine groups is 1. The highest BCUT2D eigenvalue weighted by Crippen LogP contribution is 2.18. The Labute approximate surface area is 122 Å². The maximum absolute atomic E-state index is 11.4. The number of nitrogens with two attached hydrogens (primary N) is 1. The first-order valence-corrected chi connectivity index (χ1v) is 6.51. The van der Waals surface area contributed by atoms with Crippen LogP contribution in [0.4, 0.5) is 5.69 Å². The van der Waals surface area contributed by atoms with Gasteiger partial charge in [0.25, 0.3) is 0 Å². The van der Waals surface area contributed by atoms with E-state index in [-0.39, 0.29) is 5.76 Å². The highest BCUT2D eigenvalue weighted by molar-refractivity contribution is 5.90. The molecule has 3 N–H and O–H groups in total. The van der Waals surface area contributed by atoms with Crippen LogP contribution in [0.2, 0.25) is 0 Å². The lowest BCUT2D eigenvalue weighted by Crippen LogP contribution is -2.29. The van der Waals surface area contributed by atoms with Gasteiger partial charge in [0.15, 0.2) is 5.76 Å². The largest absolute Gasteiger partial charge is 0.454 e. The number of amides is 1. The molecule has 0 fully saturated rings. The molecule has 0 aliphatic heterocycles. The van der Waals surface area contributed by atoms with Crippen LogP contribution in [0.25, 0.3) is 0 Å². The molecule has 0 aliphatic carbocycles. The van der Waals surface area contributed by atoms with Gasteiger partial charge in [0.2, 0.25) is 0 Å². The van der Waals surface area contributed by atoms with Crippen molar-refractivity contribution in [2.45, 2.75) is 13.0 Å². The fraction of sp³-hybridized carbons (Fsp3) is 0.200. The van der Waals surface area contributed by atoms with Crippen molar-refractivity contribution in [2.24, 2.45) is 5.84 Å². The summed E-state index contributed by atoms with van der Waals surface area (Å²) in [4.78, 5) is 13.4. The summed E-state index contributed by atoms with van der Waals surface area (Å²) >= 11 is 0. The summed E-state index contributed by atoms with van der Waals surface area (Å²) in [5.74, 6) is 5.40. The number of carbonyl (C=O) groups excluding carboxylic acids is 1. The third kappa shape index (κ3) is 3.84. The fourth-order valence-electron chi connectivity index (χ4n) is 1.97. The van der Waals surface area contributed by atoms with Gasteiger partial charge in [0.1, 0.15) is 5.76 Å². The van der Waals surface area contributed by atoms with Gasteiger partial charge < -0.3 is 9.32 Å². The molecule has 1 aromatic heterocycles. The number of anilines is 1. The zero-order chi connectivity index (χ0) is 15.1. The summed E-state index contributed by atoms with van der Waals surface area (Å²) < 4.78 is 5.45. The van der Waals surface area contributed by atoms with Crippen LogP contribution in [0, 0.1) is 11.3 Å². The molecule has 0 saturated carbocycles. The Morgan fingerprint density at radius 2 is 2.05 bits per heavy atom. The quantitative estimate of drug-likeness (QED) is 0.479. The number of benzene rings is 1. The Morgan fingerprint density at radius 3 is 2.71 bits per heavy atom. The molecule has 6 nitrogen and oxygen atoms in total. The molecule has 6 heteroatoms. The summed E-state index contributed by atoms with van der Waals surface area (Å²) in [5.41, 5.74) is 3.02. The second kappa shape index (κ2) is 7.12. The Bertz CT molecular complexity index is 631. The molecule has 0 radical (unpaired) electrons. The standard InChI is InChI=1S/C15H16N4O2/c16-9-4-10-19(12-5-2-1-3-6-12)11-13-7-8-14(21-13)15(20)18-17/h1-3,5-8H,4,10-11,17H2,(H,18,20). The van der Waals surface area contributed by atoms with Crippen molar-refractivity contribution < 1.29 is 9.21 Å². The van der Waals surface area contributed by atoms with Crippen molar-refractivity contribution >= 4 is 11.6 Å². The molecule has 1 aromatic carbocycles. The second-order valence-corrected chi connectivity index (χ2v) is 4.40. The number of nitriles is 1. The highest BCUT2D eigenvalue weighted by atomic mass is 16.4. The third-order valence-electron chi connectivity index (χ3n) is 2.98. The van der Waals surface area contributed by atoms with Gasteiger partial charge in [0.05, 0.1) is 19.0 Å². The molecule has 1 amide bonds. The van der Waals surface area contributed by atoms with Crippen LogP contribution in [0.1, 0.15) is 22.7 Å². The maximum Gasteiger partial charge on any atom is 0.300 e. The summed E-state index contributed by atoms with van der Waals surface area (Å²) in [7, 11) is 0. The maximum atomic E-state index is 11.4. The fourth-order valence-corrected chi connectivity index (χ4v) is 1.97. The Kier molecular flexibility index (Phi) is 4.96. The molecule has 2 rings (SSSR count). The molecule has 108 valence electrons. The number of carbonyl (C=O) groups is 1. The van der Waals surface area contributed by atoms with Crippen LogP contribution in [-0.4, -0.2) is 12.5 Å². The average Bonchev–Trinajstić information content (AvgIpc) is 3.00. The number of rotatable bonds is 6. The number of nitrogens with one attached hydrogen (secondary N) is 1. The van der Waals surface area contributed by atoms with Crippen molar-refractivity contribution in [2.75, 3.05) is 11.4 Å². The van der Waals surface area contributed by atoms with Crippen LogP contribution in [0.5, 0.6) is 0 Å². The summed E-state index contributed by atoms with van der Waals surface area (Å²) in [6, 6.07) is 15.2. The van der Waals surface area contributed by atoms with E-state index in [1.807, 2.05) is 40.7 Å². The lowest BCUT2D eigenvalue weighted by atomic mass is 10.2. The third-order valence-corrected chi connectivity index (χ3v) is 2.98. The Morgan fingerprint density at radius 1 is 1.29 bits per heavy atom. The number of furan rings is 1. The SMILES string of the molecule is N#CCCN(Cc1ccc(C(=O)NN)o1)c1ccccc1. The Balaban J connectivity index is 2.13. The molecule has 0 spiro atoms. The van der Waals surface area contributed by atoms with Crippen LogP contribution in [0.15, 0.2) is 46.9 Å². The molecule has 0 aliphatic rings. The summed E-state index contributed by atoms with van der Waals surface area (Å²) in [6.07, 6.45) is 0.408. The normalized spacial score (nSPS) is 9.90. The van der Waals surface area contributed by atoms with Gasteiger partial charge >= 0.3 is 5.91 Å². The topological polar surface area (TPSA) is 95.3 Å². The van der Waals surface area contributed by atoms with E-state index in [0.29, 0.717) is 25.3 Å². The van der Waals surface area contributed by atoms with E-state index in [4.69, 9.17) is 15.5 Å². The number of nitrogens with zero attached hydrogens (tertiary/aromatic N) is 2. The summed E-state index contributed by atoms with van der Waals surface area (Å²) in [6.45, 7) is 1.06. The number of hydrogen-bond acceptors (Lipinski definition) is 5. The van der Waals surface area contributed by atoms with Crippen molar-refractivity contribution in [1.82, 2.24) is 5.43 Å². The molecule has 1 heterocycles. The van der Waals surface area contributed by atoms with Crippen LogP contribution < -0.4 is 16.2 Å². The first-order valence-electron chi connectivity index (χ1n) is 6.51. The van der Waals surface area contributed by atoms with Gasteiger partial charge in [-0.2, -0.15) is 5.26 Å². The van der Waals surface area contributed by atoms with Crippen LogP contribution in [-0.2, 0) is 6.54 Å². The minimum atomic E-state index is -0.468. The van der Waals surface area contributed by atoms with Crippen molar-refractivity contribution in [3.63, 3.8) is 0 Å². The second-order valence-electron chi connectivity index (χ2n) is 4.40.